The SMILES string of the molecule is CC(NC(=O)N1CC2(C)CC1CC(C)(C)C2)Oc1ccc(C(C)C)cc1. The lowest BCUT2D eigenvalue weighted by molar-refractivity contribution is 0.125. The summed E-state index contributed by atoms with van der Waals surface area (Å²) in [7, 11) is 0. The van der Waals surface area contributed by atoms with Gasteiger partial charge in [0, 0.05) is 12.6 Å². The van der Waals surface area contributed by atoms with Gasteiger partial charge < -0.3 is 15.0 Å². The van der Waals surface area contributed by atoms with Gasteiger partial charge in [0.15, 0.2) is 6.23 Å². The number of nitrogens with zero attached hydrogens (tertiary/aromatic N) is 1. The molecule has 2 bridgehead atoms. The van der Waals surface area contributed by atoms with Crippen molar-refractivity contribution >= 4 is 6.03 Å². The summed E-state index contributed by atoms with van der Waals surface area (Å²) < 4.78 is 5.90. The minimum atomic E-state index is -0.353. The standard InChI is InChI=1S/C22H34N2O2/c1-15(2)17-7-9-19(10-8-17)26-16(3)23-20(25)24-14-22(6)12-18(24)11-21(4,5)13-22/h7-10,15-16,18H,11-14H2,1-6H3,(H,23,25). The van der Waals surface area contributed by atoms with Crippen molar-refractivity contribution in [2.75, 3.05) is 6.54 Å². The summed E-state index contributed by atoms with van der Waals surface area (Å²) in [5, 5.41) is 3.03. The minimum Gasteiger partial charge on any atom is -0.471 e. The highest BCUT2D eigenvalue weighted by Crippen LogP contribution is 2.52. The minimum absolute atomic E-state index is 0.00252. The van der Waals surface area contributed by atoms with Crippen LogP contribution in [-0.2, 0) is 0 Å². The number of benzene rings is 1. The van der Waals surface area contributed by atoms with Gasteiger partial charge in [0.2, 0.25) is 0 Å². The molecule has 3 atom stereocenters. The normalized spacial score (nSPS) is 28.1. The number of urea groups is 1. The fourth-order valence-corrected chi connectivity index (χ4v) is 5.12. The van der Waals surface area contributed by atoms with Crippen LogP contribution in [0, 0.1) is 10.8 Å². The van der Waals surface area contributed by atoms with Gasteiger partial charge in [-0.15, -0.1) is 0 Å². The molecule has 2 amide bonds. The monoisotopic (exact) mass is 358 g/mol. The maximum absolute atomic E-state index is 12.8. The van der Waals surface area contributed by atoms with Crippen LogP contribution in [0.3, 0.4) is 0 Å². The second kappa shape index (κ2) is 6.79. The van der Waals surface area contributed by atoms with E-state index < -0.39 is 0 Å². The molecule has 3 unspecified atom stereocenters. The average molecular weight is 359 g/mol. The van der Waals surface area contributed by atoms with Gasteiger partial charge in [-0.25, -0.2) is 4.79 Å². The number of carbonyl (C=O) groups excluding carboxylic acids is 1. The molecule has 4 heteroatoms. The Morgan fingerprint density at radius 3 is 2.42 bits per heavy atom. The van der Waals surface area contributed by atoms with Crippen LogP contribution in [0.25, 0.3) is 0 Å². The summed E-state index contributed by atoms with van der Waals surface area (Å²) >= 11 is 0. The van der Waals surface area contributed by atoms with Crippen molar-refractivity contribution in [1.82, 2.24) is 10.2 Å². The molecule has 4 nitrogen and oxygen atoms in total. The number of likely N-dealkylation sites (tertiary alicyclic amines) is 1. The zero-order valence-electron chi connectivity index (χ0n) is 17.1. The Morgan fingerprint density at radius 2 is 1.81 bits per heavy atom. The molecule has 1 aromatic rings. The van der Waals surface area contributed by atoms with Gasteiger partial charge in [-0.2, -0.15) is 0 Å². The number of hydrogen-bond acceptors (Lipinski definition) is 2. The van der Waals surface area contributed by atoms with E-state index >= 15 is 0 Å². The molecular formula is C22H34N2O2. The third-order valence-corrected chi connectivity index (χ3v) is 5.86. The Balaban J connectivity index is 1.58. The van der Waals surface area contributed by atoms with E-state index in [0.29, 0.717) is 17.4 Å². The maximum atomic E-state index is 12.8. The van der Waals surface area contributed by atoms with E-state index in [-0.39, 0.29) is 17.7 Å². The molecule has 1 heterocycles. The van der Waals surface area contributed by atoms with Crippen molar-refractivity contribution in [1.29, 1.82) is 0 Å². The summed E-state index contributed by atoms with van der Waals surface area (Å²) in [5.41, 5.74) is 1.85. The van der Waals surface area contributed by atoms with Gasteiger partial charge in [-0.05, 0) is 60.6 Å². The smallest absolute Gasteiger partial charge is 0.320 e. The lowest BCUT2D eigenvalue weighted by atomic mass is 9.65. The van der Waals surface area contributed by atoms with Crippen LogP contribution >= 0.6 is 0 Å². The number of rotatable bonds is 4. The molecule has 144 valence electrons. The molecule has 3 rings (SSSR count). The van der Waals surface area contributed by atoms with Crippen LogP contribution in [0.4, 0.5) is 4.79 Å². The molecule has 1 aromatic carbocycles. The number of hydrogen-bond donors (Lipinski definition) is 1. The maximum Gasteiger partial charge on any atom is 0.320 e. The number of fused-ring (bicyclic) bond motifs is 2. The van der Waals surface area contributed by atoms with Crippen LogP contribution in [-0.4, -0.2) is 29.7 Å². The molecule has 26 heavy (non-hydrogen) atoms. The van der Waals surface area contributed by atoms with E-state index in [1.54, 1.807) is 0 Å². The molecule has 1 N–H and O–H groups in total. The average Bonchev–Trinajstić information content (AvgIpc) is 2.76. The fourth-order valence-electron chi connectivity index (χ4n) is 5.12. The zero-order chi connectivity index (χ0) is 19.1. The van der Waals surface area contributed by atoms with Gasteiger partial charge in [0.1, 0.15) is 5.75 Å². The fraction of sp³-hybridized carbons (Fsp3) is 0.682. The van der Waals surface area contributed by atoms with Crippen molar-refractivity contribution in [3.63, 3.8) is 0 Å². The van der Waals surface area contributed by atoms with Gasteiger partial charge in [0.25, 0.3) is 0 Å². The van der Waals surface area contributed by atoms with Crippen molar-refractivity contribution in [3.05, 3.63) is 29.8 Å². The van der Waals surface area contributed by atoms with E-state index in [0.717, 1.165) is 25.1 Å². The molecule has 1 saturated carbocycles. The Morgan fingerprint density at radius 1 is 1.15 bits per heavy atom. The summed E-state index contributed by atoms with van der Waals surface area (Å²) in [5.74, 6) is 1.29. The first-order valence-electron chi connectivity index (χ1n) is 9.91. The van der Waals surface area contributed by atoms with Gasteiger partial charge in [0.05, 0.1) is 0 Å². The molecule has 2 fully saturated rings. The lowest BCUT2D eigenvalue weighted by Crippen LogP contribution is -2.48. The summed E-state index contributed by atoms with van der Waals surface area (Å²) in [6.45, 7) is 14.1. The Labute approximate surface area is 158 Å². The molecular weight excluding hydrogens is 324 g/mol. The van der Waals surface area contributed by atoms with Crippen LogP contribution in [0.15, 0.2) is 24.3 Å². The summed E-state index contributed by atoms with van der Waals surface area (Å²) in [6, 6.07) is 8.47. The largest absolute Gasteiger partial charge is 0.471 e. The predicted octanol–water partition coefficient (Wildman–Crippen LogP) is 5.15. The third-order valence-electron chi connectivity index (χ3n) is 5.86. The van der Waals surface area contributed by atoms with Crippen molar-refractivity contribution < 1.29 is 9.53 Å². The van der Waals surface area contributed by atoms with Gasteiger partial charge in [-0.3, -0.25) is 0 Å². The van der Waals surface area contributed by atoms with E-state index in [2.05, 4.69) is 52.1 Å². The first-order chi connectivity index (χ1) is 12.1. The highest BCUT2D eigenvalue weighted by atomic mass is 16.5. The van der Waals surface area contributed by atoms with E-state index in [4.69, 9.17) is 4.74 Å². The molecule has 0 spiro atoms. The zero-order valence-corrected chi connectivity index (χ0v) is 17.1. The topological polar surface area (TPSA) is 41.6 Å². The molecule has 0 radical (unpaired) electrons. The van der Waals surface area contributed by atoms with Crippen LogP contribution in [0.2, 0.25) is 0 Å². The van der Waals surface area contributed by atoms with Gasteiger partial charge in [-0.1, -0.05) is 46.8 Å². The van der Waals surface area contributed by atoms with Crippen LogP contribution < -0.4 is 10.1 Å². The van der Waals surface area contributed by atoms with Crippen molar-refractivity contribution in [2.45, 2.75) is 79.0 Å². The lowest BCUT2D eigenvalue weighted by Gasteiger charge is -2.39. The quantitative estimate of drug-likeness (QED) is 0.757. The summed E-state index contributed by atoms with van der Waals surface area (Å²) in [4.78, 5) is 14.9. The third kappa shape index (κ3) is 4.16. The molecule has 0 aromatic heterocycles. The Bertz CT molecular complexity index is 653. The Kier molecular flexibility index (Phi) is 4.98. The molecule has 1 saturated heterocycles. The van der Waals surface area contributed by atoms with Crippen LogP contribution in [0.1, 0.15) is 72.3 Å². The van der Waals surface area contributed by atoms with E-state index in [9.17, 15) is 4.79 Å². The second-order valence-corrected chi connectivity index (χ2v) is 9.77. The number of nitrogens with one attached hydrogen (secondary N) is 1. The summed E-state index contributed by atoms with van der Waals surface area (Å²) in [6.07, 6.45) is 3.04. The second-order valence-electron chi connectivity index (χ2n) is 9.77. The number of amides is 2. The highest BCUT2D eigenvalue weighted by molar-refractivity contribution is 5.75. The first-order valence-corrected chi connectivity index (χ1v) is 9.91. The predicted molar refractivity (Wildman–Crippen MR) is 105 cm³/mol. The first kappa shape index (κ1) is 19.1. The highest BCUT2D eigenvalue weighted by Gasteiger charge is 2.51. The van der Waals surface area contributed by atoms with Gasteiger partial charge >= 0.3 is 6.03 Å². The van der Waals surface area contributed by atoms with Crippen molar-refractivity contribution in [3.8, 4) is 5.75 Å². The van der Waals surface area contributed by atoms with E-state index in [1.165, 1.54) is 12.0 Å². The Hall–Kier alpha value is -1.71. The number of carbonyl (C=O) groups is 1. The molecule has 2 aliphatic rings. The van der Waals surface area contributed by atoms with E-state index in [1.807, 2.05) is 24.0 Å². The van der Waals surface area contributed by atoms with Crippen molar-refractivity contribution in [2.24, 2.45) is 10.8 Å². The number of ether oxygens (including phenoxy) is 1. The molecule has 1 aliphatic heterocycles. The molecule has 1 aliphatic carbocycles. The van der Waals surface area contributed by atoms with Crippen LogP contribution in [0.5, 0.6) is 5.75 Å².